The molecule has 19 heavy (non-hydrogen) atoms. The van der Waals surface area contributed by atoms with E-state index < -0.39 is 16.0 Å². The van der Waals surface area contributed by atoms with Crippen LogP contribution in [-0.4, -0.2) is 40.8 Å². The zero-order chi connectivity index (χ0) is 14.5. The van der Waals surface area contributed by atoms with Gasteiger partial charge in [0.25, 0.3) is 0 Å². The highest BCUT2D eigenvalue weighted by Gasteiger charge is 2.09. The Balaban J connectivity index is 2.68. The lowest BCUT2D eigenvalue weighted by molar-refractivity contribution is 0.0601. The van der Waals surface area contributed by atoms with Gasteiger partial charge in [-0.15, -0.1) is 0 Å². The molecule has 0 fully saturated rings. The molecule has 0 aromatic heterocycles. The first-order valence-electron chi connectivity index (χ1n) is 5.52. The molecule has 0 heterocycles. The molecular formula is C11H17N3O4S. The van der Waals surface area contributed by atoms with Gasteiger partial charge in [-0.05, 0) is 25.2 Å². The summed E-state index contributed by atoms with van der Waals surface area (Å²) in [6.45, 7) is 0.213. The summed E-state index contributed by atoms with van der Waals surface area (Å²) < 4.78 is 29.2. The van der Waals surface area contributed by atoms with Gasteiger partial charge in [0.05, 0.1) is 29.8 Å². The lowest BCUT2D eigenvalue weighted by Crippen LogP contribution is -2.26. The molecule has 0 saturated heterocycles. The smallest absolute Gasteiger partial charge is 0.337 e. The topological polar surface area (TPSA) is 111 Å². The molecule has 0 atom stereocenters. The van der Waals surface area contributed by atoms with Crippen LogP contribution in [-0.2, 0) is 14.8 Å². The third kappa shape index (κ3) is 4.42. The van der Waals surface area contributed by atoms with Crippen LogP contribution in [0.3, 0.4) is 0 Å². The molecule has 0 unspecified atom stereocenters. The van der Waals surface area contributed by atoms with Crippen LogP contribution >= 0.6 is 0 Å². The fourth-order valence-electron chi connectivity index (χ4n) is 1.39. The molecule has 0 aliphatic rings. The Bertz CT molecular complexity index is 557. The number of hydrogen-bond acceptors (Lipinski definition) is 6. The van der Waals surface area contributed by atoms with Gasteiger partial charge in [0.2, 0.25) is 10.0 Å². The summed E-state index contributed by atoms with van der Waals surface area (Å²) in [7, 11) is -0.614. The maximum absolute atomic E-state index is 11.3. The second-order valence-electron chi connectivity index (χ2n) is 3.74. The van der Waals surface area contributed by atoms with Crippen LogP contribution in [0.4, 0.5) is 11.4 Å². The van der Waals surface area contributed by atoms with Crippen molar-refractivity contribution in [2.24, 2.45) is 0 Å². The van der Waals surface area contributed by atoms with Crippen LogP contribution in [0.25, 0.3) is 0 Å². The van der Waals surface area contributed by atoms with Crippen molar-refractivity contribution in [3.8, 4) is 0 Å². The van der Waals surface area contributed by atoms with Gasteiger partial charge >= 0.3 is 5.97 Å². The second-order valence-corrected chi connectivity index (χ2v) is 5.79. The number of benzene rings is 1. The Kier molecular flexibility index (Phi) is 5.13. The second kappa shape index (κ2) is 6.39. The Morgan fingerprint density at radius 3 is 2.63 bits per heavy atom. The summed E-state index contributed by atoms with van der Waals surface area (Å²) >= 11 is 0. The number of rotatable bonds is 6. The third-order valence-corrected chi connectivity index (χ3v) is 3.83. The number of anilines is 2. The summed E-state index contributed by atoms with van der Waals surface area (Å²) in [6.07, 6.45) is 0. The number of nitrogens with two attached hydrogens (primary N) is 1. The van der Waals surface area contributed by atoms with E-state index in [2.05, 4.69) is 14.8 Å². The van der Waals surface area contributed by atoms with E-state index in [9.17, 15) is 13.2 Å². The zero-order valence-corrected chi connectivity index (χ0v) is 11.6. The highest BCUT2D eigenvalue weighted by molar-refractivity contribution is 7.89. The maximum Gasteiger partial charge on any atom is 0.337 e. The number of esters is 1. The minimum Gasteiger partial charge on any atom is -0.465 e. The fraction of sp³-hybridized carbons (Fsp3) is 0.364. The number of nitrogens with one attached hydrogen (secondary N) is 2. The third-order valence-electron chi connectivity index (χ3n) is 2.47. The molecule has 1 aromatic carbocycles. The molecule has 0 saturated carbocycles. The van der Waals surface area contributed by atoms with E-state index in [0.29, 0.717) is 16.9 Å². The number of hydrogen-bond donors (Lipinski definition) is 3. The van der Waals surface area contributed by atoms with Crippen LogP contribution in [0.15, 0.2) is 18.2 Å². The van der Waals surface area contributed by atoms with Gasteiger partial charge < -0.3 is 15.8 Å². The molecule has 0 amide bonds. The summed E-state index contributed by atoms with van der Waals surface area (Å²) in [5.74, 6) is -0.544. The van der Waals surface area contributed by atoms with Crippen molar-refractivity contribution < 1.29 is 17.9 Å². The summed E-state index contributed by atoms with van der Waals surface area (Å²) in [5.41, 5.74) is 7.02. The lowest BCUT2D eigenvalue weighted by Gasteiger charge is -2.10. The van der Waals surface area contributed by atoms with Crippen LogP contribution in [0.5, 0.6) is 0 Å². The Morgan fingerprint density at radius 2 is 2.11 bits per heavy atom. The molecule has 7 nitrogen and oxygen atoms in total. The molecule has 0 bridgehead atoms. The van der Waals surface area contributed by atoms with E-state index in [1.54, 1.807) is 12.1 Å². The molecule has 1 aromatic rings. The monoisotopic (exact) mass is 287 g/mol. The molecule has 0 aliphatic carbocycles. The minimum atomic E-state index is -3.26. The highest BCUT2D eigenvalue weighted by Crippen LogP contribution is 2.20. The largest absolute Gasteiger partial charge is 0.465 e. The molecule has 0 aliphatic heterocycles. The summed E-state index contributed by atoms with van der Waals surface area (Å²) in [5, 5.41) is 2.89. The standard InChI is InChI=1S/C11H17N3O4S/c1-13-19(16,17)6-5-14-10-4-3-8(7-9(10)12)11(15)18-2/h3-4,7,13-14H,5-6,12H2,1-2H3. The van der Waals surface area contributed by atoms with Gasteiger partial charge in [0.1, 0.15) is 0 Å². The predicted octanol–water partition coefficient (Wildman–Crippen LogP) is 0.0165. The molecule has 0 radical (unpaired) electrons. The average molecular weight is 287 g/mol. The first-order chi connectivity index (χ1) is 8.89. The molecular weight excluding hydrogens is 270 g/mol. The first-order valence-corrected chi connectivity index (χ1v) is 7.18. The fourth-order valence-corrected chi connectivity index (χ4v) is 1.97. The summed E-state index contributed by atoms with van der Waals surface area (Å²) in [6, 6.07) is 4.63. The molecule has 106 valence electrons. The number of methoxy groups -OCH3 is 1. The number of nitrogen functional groups attached to an aromatic ring is 1. The van der Waals surface area contributed by atoms with Gasteiger partial charge in [-0.25, -0.2) is 17.9 Å². The van der Waals surface area contributed by atoms with Crippen LogP contribution in [0.1, 0.15) is 10.4 Å². The Labute approximate surface area is 112 Å². The maximum atomic E-state index is 11.3. The molecule has 8 heteroatoms. The van der Waals surface area contributed by atoms with E-state index in [4.69, 9.17) is 5.73 Å². The number of carbonyl (C=O) groups excluding carboxylic acids is 1. The van der Waals surface area contributed by atoms with Gasteiger partial charge in [-0.1, -0.05) is 0 Å². The van der Waals surface area contributed by atoms with Crippen molar-refractivity contribution in [2.75, 3.05) is 37.5 Å². The first kappa shape index (κ1) is 15.3. The number of sulfonamides is 1. The molecule has 4 N–H and O–H groups in total. The molecule has 1 rings (SSSR count). The van der Waals surface area contributed by atoms with Crippen molar-refractivity contribution in [2.45, 2.75) is 0 Å². The SMILES string of the molecule is CNS(=O)(=O)CCNc1ccc(C(=O)OC)cc1N. The van der Waals surface area contributed by atoms with E-state index in [1.165, 1.54) is 20.2 Å². The predicted molar refractivity (Wildman–Crippen MR) is 73.5 cm³/mol. The van der Waals surface area contributed by atoms with Crippen molar-refractivity contribution in [3.63, 3.8) is 0 Å². The van der Waals surface area contributed by atoms with Gasteiger partial charge in [0.15, 0.2) is 0 Å². The van der Waals surface area contributed by atoms with Gasteiger partial charge in [-0.2, -0.15) is 0 Å². The van der Waals surface area contributed by atoms with Crippen LogP contribution < -0.4 is 15.8 Å². The van der Waals surface area contributed by atoms with Crippen LogP contribution in [0, 0.1) is 0 Å². The summed E-state index contributed by atoms with van der Waals surface area (Å²) in [4.78, 5) is 11.3. The van der Waals surface area contributed by atoms with E-state index in [-0.39, 0.29) is 12.3 Å². The number of ether oxygens (including phenoxy) is 1. The minimum absolute atomic E-state index is 0.0678. The van der Waals surface area contributed by atoms with Crippen molar-refractivity contribution in [3.05, 3.63) is 23.8 Å². The van der Waals surface area contributed by atoms with Gasteiger partial charge in [-0.3, -0.25) is 0 Å². The number of carbonyl (C=O) groups is 1. The van der Waals surface area contributed by atoms with Crippen molar-refractivity contribution in [1.82, 2.24) is 4.72 Å². The van der Waals surface area contributed by atoms with E-state index in [0.717, 1.165) is 0 Å². The van der Waals surface area contributed by atoms with E-state index >= 15 is 0 Å². The van der Waals surface area contributed by atoms with Gasteiger partial charge in [0, 0.05) is 6.54 Å². The zero-order valence-electron chi connectivity index (χ0n) is 10.8. The Hall–Kier alpha value is -1.80. The average Bonchev–Trinajstić information content (AvgIpc) is 2.39. The molecule has 0 spiro atoms. The van der Waals surface area contributed by atoms with Crippen molar-refractivity contribution >= 4 is 27.4 Å². The quantitative estimate of drug-likeness (QED) is 0.502. The lowest BCUT2D eigenvalue weighted by atomic mass is 10.2. The van der Waals surface area contributed by atoms with E-state index in [1.807, 2.05) is 0 Å². The van der Waals surface area contributed by atoms with Crippen molar-refractivity contribution in [1.29, 1.82) is 0 Å². The normalized spacial score (nSPS) is 11.1. The highest BCUT2D eigenvalue weighted by atomic mass is 32.2. The van der Waals surface area contributed by atoms with Crippen LogP contribution in [0.2, 0.25) is 0 Å². The Morgan fingerprint density at radius 1 is 1.42 bits per heavy atom.